The smallest absolute Gasteiger partial charge is 0.0632 e. The summed E-state index contributed by atoms with van der Waals surface area (Å²) in [6.45, 7) is 0.603. The molecule has 13 heavy (non-hydrogen) atoms. The molecular formula is C8H16N4O. The molecule has 1 aromatic rings. The largest absolute Gasteiger partial charge is 0.383 e. The van der Waals surface area contributed by atoms with Crippen LogP contribution in [0.15, 0.2) is 12.4 Å². The fraction of sp³-hybridized carbons (Fsp3) is 0.625. The number of hydrogen-bond donors (Lipinski definition) is 2. The van der Waals surface area contributed by atoms with E-state index in [1.165, 1.54) is 0 Å². The maximum absolute atomic E-state index is 5.36. The predicted molar refractivity (Wildman–Crippen MR) is 49.9 cm³/mol. The Hall–Kier alpha value is -0.910. The van der Waals surface area contributed by atoms with E-state index in [2.05, 4.69) is 10.5 Å². The van der Waals surface area contributed by atoms with Crippen molar-refractivity contribution in [2.45, 2.75) is 12.5 Å². The van der Waals surface area contributed by atoms with Crippen molar-refractivity contribution >= 4 is 0 Å². The number of rotatable bonds is 5. The van der Waals surface area contributed by atoms with Crippen LogP contribution in [0.3, 0.4) is 0 Å². The summed E-state index contributed by atoms with van der Waals surface area (Å²) in [5, 5.41) is 4.07. The SMILES string of the molecule is COCC(Cc1cnn(C)c1)NN. The fourth-order valence-corrected chi connectivity index (χ4v) is 1.23. The summed E-state index contributed by atoms with van der Waals surface area (Å²) in [6, 6.07) is 0.147. The molecule has 0 aromatic carbocycles. The molecule has 0 fully saturated rings. The lowest BCUT2D eigenvalue weighted by Gasteiger charge is -2.12. The van der Waals surface area contributed by atoms with Crippen molar-refractivity contribution in [1.82, 2.24) is 15.2 Å². The van der Waals surface area contributed by atoms with Crippen molar-refractivity contribution in [3.05, 3.63) is 18.0 Å². The summed E-state index contributed by atoms with van der Waals surface area (Å²) >= 11 is 0. The van der Waals surface area contributed by atoms with Crippen molar-refractivity contribution in [1.29, 1.82) is 0 Å². The summed E-state index contributed by atoms with van der Waals surface area (Å²) < 4.78 is 6.78. The molecular weight excluding hydrogens is 168 g/mol. The Morgan fingerprint density at radius 3 is 3.00 bits per heavy atom. The van der Waals surface area contributed by atoms with Crippen LogP contribution in [0.4, 0.5) is 0 Å². The second-order valence-electron chi connectivity index (χ2n) is 3.05. The number of hydrazine groups is 1. The minimum atomic E-state index is 0.147. The quantitative estimate of drug-likeness (QED) is 0.475. The molecule has 0 aliphatic heterocycles. The Kier molecular flexibility index (Phi) is 3.88. The lowest BCUT2D eigenvalue weighted by Crippen LogP contribution is -2.39. The number of aromatic nitrogens is 2. The summed E-state index contributed by atoms with van der Waals surface area (Å²) in [5.74, 6) is 5.36. The molecule has 1 rings (SSSR count). The van der Waals surface area contributed by atoms with Crippen LogP contribution >= 0.6 is 0 Å². The highest BCUT2D eigenvalue weighted by Gasteiger charge is 2.07. The van der Waals surface area contributed by atoms with Gasteiger partial charge in [0.1, 0.15) is 0 Å². The predicted octanol–water partition coefficient (Wildman–Crippen LogP) is -0.559. The average Bonchev–Trinajstić information content (AvgIpc) is 2.50. The molecule has 1 unspecified atom stereocenters. The standard InChI is InChI=1S/C8H16N4O/c1-12-5-7(4-10-12)3-8(11-9)6-13-2/h4-5,8,11H,3,6,9H2,1-2H3. The third-order valence-electron chi connectivity index (χ3n) is 1.84. The molecule has 5 heteroatoms. The van der Waals surface area contributed by atoms with Crippen molar-refractivity contribution in [2.24, 2.45) is 12.9 Å². The number of nitrogens with zero attached hydrogens (tertiary/aromatic N) is 2. The number of hydrogen-bond acceptors (Lipinski definition) is 4. The second-order valence-corrected chi connectivity index (χ2v) is 3.05. The van der Waals surface area contributed by atoms with Crippen LogP contribution in [0.25, 0.3) is 0 Å². The van der Waals surface area contributed by atoms with Gasteiger partial charge in [-0.15, -0.1) is 0 Å². The van der Waals surface area contributed by atoms with Crippen molar-refractivity contribution in [3.63, 3.8) is 0 Å². The third-order valence-corrected chi connectivity index (χ3v) is 1.84. The van der Waals surface area contributed by atoms with Gasteiger partial charge in [-0.3, -0.25) is 16.0 Å². The molecule has 1 atom stereocenters. The van der Waals surface area contributed by atoms with Gasteiger partial charge in [0.2, 0.25) is 0 Å². The molecule has 1 aromatic heterocycles. The van der Waals surface area contributed by atoms with Crippen molar-refractivity contribution in [2.75, 3.05) is 13.7 Å². The first-order valence-electron chi connectivity index (χ1n) is 4.19. The van der Waals surface area contributed by atoms with Crippen LogP contribution in [-0.2, 0) is 18.2 Å². The number of ether oxygens (including phenoxy) is 1. The minimum absolute atomic E-state index is 0.147. The molecule has 0 radical (unpaired) electrons. The van der Waals surface area contributed by atoms with Gasteiger partial charge in [0.25, 0.3) is 0 Å². The van der Waals surface area contributed by atoms with Crippen molar-refractivity contribution in [3.8, 4) is 0 Å². The topological polar surface area (TPSA) is 65.1 Å². The zero-order valence-corrected chi connectivity index (χ0v) is 8.03. The van der Waals surface area contributed by atoms with Gasteiger partial charge >= 0.3 is 0 Å². The summed E-state index contributed by atoms with van der Waals surface area (Å²) in [7, 11) is 3.55. The highest BCUT2D eigenvalue weighted by atomic mass is 16.5. The van der Waals surface area contributed by atoms with Gasteiger partial charge in [-0.25, -0.2) is 0 Å². The van der Waals surface area contributed by atoms with E-state index in [0.29, 0.717) is 6.61 Å². The van der Waals surface area contributed by atoms with Crippen LogP contribution in [0.1, 0.15) is 5.56 Å². The van der Waals surface area contributed by atoms with Gasteiger partial charge in [0.05, 0.1) is 12.8 Å². The Balaban J connectivity index is 2.46. The average molecular weight is 184 g/mol. The van der Waals surface area contributed by atoms with E-state index in [1.54, 1.807) is 11.8 Å². The normalized spacial score (nSPS) is 13.2. The molecule has 0 aliphatic carbocycles. The van der Waals surface area contributed by atoms with Gasteiger partial charge < -0.3 is 4.74 Å². The molecule has 0 saturated carbocycles. The van der Waals surface area contributed by atoms with Gasteiger partial charge in [-0.1, -0.05) is 0 Å². The van der Waals surface area contributed by atoms with Crippen LogP contribution in [0, 0.1) is 0 Å². The molecule has 0 amide bonds. The first-order chi connectivity index (χ1) is 6.26. The van der Waals surface area contributed by atoms with Crippen LogP contribution in [0.5, 0.6) is 0 Å². The van der Waals surface area contributed by atoms with E-state index < -0.39 is 0 Å². The van der Waals surface area contributed by atoms with E-state index in [0.717, 1.165) is 12.0 Å². The Bertz CT molecular complexity index is 248. The highest BCUT2D eigenvalue weighted by Crippen LogP contribution is 2.01. The molecule has 3 N–H and O–H groups in total. The number of nitrogens with one attached hydrogen (secondary N) is 1. The maximum Gasteiger partial charge on any atom is 0.0632 e. The molecule has 0 aliphatic rings. The Morgan fingerprint density at radius 2 is 2.54 bits per heavy atom. The molecule has 0 spiro atoms. The van der Waals surface area contributed by atoms with E-state index >= 15 is 0 Å². The zero-order chi connectivity index (χ0) is 9.68. The van der Waals surface area contributed by atoms with E-state index in [4.69, 9.17) is 10.6 Å². The molecule has 0 saturated heterocycles. The van der Waals surface area contributed by atoms with Crippen LogP contribution in [0.2, 0.25) is 0 Å². The van der Waals surface area contributed by atoms with E-state index in [9.17, 15) is 0 Å². The van der Waals surface area contributed by atoms with Crippen LogP contribution in [-0.4, -0.2) is 29.5 Å². The zero-order valence-electron chi connectivity index (χ0n) is 8.03. The number of nitrogens with two attached hydrogens (primary N) is 1. The highest BCUT2D eigenvalue weighted by molar-refractivity contribution is 5.05. The van der Waals surface area contributed by atoms with Gasteiger partial charge in [-0.05, 0) is 12.0 Å². The van der Waals surface area contributed by atoms with E-state index in [1.807, 2.05) is 19.4 Å². The van der Waals surface area contributed by atoms with E-state index in [-0.39, 0.29) is 6.04 Å². The van der Waals surface area contributed by atoms with Gasteiger partial charge in [0.15, 0.2) is 0 Å². The fourth-order valence-electron chi connectivity index (χ4n) is 1.23. The molecule has 1 heterocycles. The van der Waals surface area contributed by atoms with Crippen LogP contribution < -0.4 is 11.3 Å². The molecule has 5 nitrogen and oxygen atoms in total. The molecule has 0 bridgehead atoms. The Morgan fingerprint density at radius 1 is 1.77 bits per heavy atom. The third kappa shape index (κ3) is 3.14. The summed E-state index contributed by atoms with van der Waals surface area (Å²) in [4.78, 5) is 0. The maximum atomic E-state index is 5.36. The molecule has 74 valence electrons. The lowest BCUT2D eigenvalue weighted by molar-refractivity contribution is 0.166. The van der Waals surface area contributed by atoms with Gasteiger partial charge in [0, 0.05) is 26.4 Å². The second kappa shape index (κ2) is 4.96. The lowest BCUT2D eigenvalue weighted by atomic mass is 10.1. The number of aryl methyl sites for hydroxylation is 1. The summed E-state index contributed by atoms with van der Waals surface area (Å²) in [6.07, 6.45) is 4.64. The first-order valence-corrected chi connectivity index (χ1v) is 4.19. The number of methoxy groups -OCH3 is 1. The monoisotopic (exact) mass is 184 g/mol. The summed E-state index contributed by atoms with van der Waals surface area (Å²) in [5.41, 5.74) is 3.85. The Labute approximate surface area is 77.8 Å². The van der Waals surface area contributed by atoms with Gasteiger partial charge in [-0.2, -0.15) is 5.10 Å². The van der Waals surface area contributed by atoms with Crippen molar-refractivity contribution < 1.29 is 4.74 Å². The minimum Gasteiger partial charge on any atom is -0.383 e. The first kappa shape index (κ1) is 10.2.